The average Bonchev–Trinajstić information content (AvgIpc) is 3.20. The lowest BCUT2D eigenvalue weighted by atomic mass is 9.99. The Morgan fingerprint density at radius 1 is 0.865 bits per heavy atom. The highest BCUT2D eigenvalue weighted by molar-refractivity contribution is 7.98. The number of hydrogen-bond donors (Lipinski definition) is 3. The van der Waals surface area contributed by atoms with E-state index in [1.54, 1.807) is 0 Å². The van der Waals surface area contributed by atoms with Crippen LogP contribution in [0.3, 0.4) is 0 Å². The zero-order valence-corrected chi connectivity index (χ0v) is 33.6. The van der Waals surface area contributed by atoms with Crippen molar-refractivity contribution in [1.29, 1.82) is 5.26 Å². The van der Waals surface area contributed by atoms with E-state index in [-0.39, 0.29) is 16.7 Å². The van der Waals surface area contributed by atoms with Crippen LogP contribution in [0.5, 0.6) is 0 Å². The molecular formula is C44H59N5O2S. The molecule has 1 atom stereocenters. The number of nitrogens with zero attached hydrogens (tertiary/aromatic N) is 3. The smallest absolute Gasteiger partial charge is 0.270 e. The van der Waals surface area contributed by atoms with E-state index >= 15 is 0 Å². The maximum atomic E-state index is 13.0. The predicted molar refractivity (Wildman–Crippen MR) is 222 cm³/mol. The van der Waals surface area contributed by atoms with E-state index in [0.29, 0.717) is 5.69 Å². The third-order valence-electron chi connectivity index (χ3n) is 7.64. The van der Waals surface area contributed by atoms with Gasteiger partial charge in [0.25, 0.3) is 5.91 Å². The fraction of sp³-hybridized carbons (Fsp3) is 0.364. The fourth-order valence-electron chi connectivity index (χ4n) is 5.00. The van der Waals surface area contributed by atoms with Crippen molar-refractivity contribution in [3.05, 3.63) is 131 Å². The molecule has 2 heterocycles. The molecule has 0 bridgehead atoms. The second-order valence-corrected chi connectivity index (χ2v) is 13.5. The second kappa shape index (κ2) is 25.4. The summed E-state index contributed by atoms with van der Waals surface area (Å²) in [6.45, 7) is 15.9. The highest BCUT2D eigenvalue weighted by Crippen LogP contribution is 2.25. The molecule has 0 radical (unpaired) electrons. The van der Waals surface area contributed by atoms with Crippen molar-refractivity contribution in [2.75, 3.05) is 14.2 Å². The number of aliphatic hydroxyl groups is 1. The van der Waals surface area contributed by atoms with Gasteiger partial charge in [0, 0.05) is 30.4 Å². The van der Waals surface area contributed by atoms with Gasteiger partial charge >= 0.3 is 0 Å². The SMILES string of the molecule is CC.CC.CCC(Cc1ccc(C)cc1)NC(=O)c1ccc2cc(-c3cccc(CCc4ccccn4)c3)ccc2n1.CNSC(C)(C)C#N.CO. The Kier molecular flexibility index (Phi) is 22.2. The average molecular weight is 722 g/mol. The molecule has 7 nitrogen and oxygen atoms in total. The van der Waals surface area contributed by atoms with Crippen LogP contribution in [0.4, 0.5) is 0 Å². The molecule has 3 aromatic carbocycles. The number of nitriles is 1. The first kappa shape index (κ1) is 45.5. The molecule has 0 aliphatic carbocycles. The maximum absolute atomic E-state index is 13.0. The minimum atomic E-state index is -0.297. The van der Waals surface area contributed by atoms with Crippen molar-refractivity contribution in [1.82, 2.24) is 20.0 Å². The minimum absolute atomic E-state index is 0.0648. The first-order chi connectivity index (χ1) is 25.2. The summed E-state index contributed by atoms with van der Waals surface area (Å²) in [7, 11) is 2.81. The number of amides is 1. The van der Waals surface area contributed by atoms with Gasteiger partial charge in [0.1, 0.15) is 10.4 Å². The standard InChI is InChI=1S/C34H33N3O.C5H10N2S.2C2H6.CH4O/c1-3-30(22-26-12-10-24(2)11-13-26)36-34(38)33-19-16-29-23-28(15-18-32(29)37-33)27-8-6-7-25(21-27)14-17-31-9-4-5-20-35-31;1-5(2,4-6)8-7-3;3*1-2/h4-13,15-16,18-21,23,30H,3,14,17,22H2,1-2H3,(H,36,38);7H,1-3H3;2*1-2H3;2H,1H3. The van der Waals surface area contributed by atoms with Crippen LogP contribution in [0.15, 0.2) is 103 Å². The summed E-state index contributed by atoms with van der Waals surface area (Å²) >= 11 is 1.42. The van der Waals surface area contributed by atoms with Crippen molar-refractivity contribution in [3.63, 3.8) is 0 Å². The largest absolute Gasteiger partial charge is 0.400 e. The van der Waals surface area contributed by atoms with Crippen molar-refractivity contribution >= 4 is 28.8 Å². The predicted octanol–water partition coefficient (Wildman–Crippen LogP) is 9.96. The Morgan fingerprint density at radius 2 is 1.56 bits per heavy atom. The summed E-state index contributed by atoms with van der Waals surface area (Å²) in [4.78, 5) is 22.1. The third kappa shape index (κ3) is 15.8. The molecule has 0 saturated heterocycles. The van der Waals surface area contributed by atoms with Crippen LogP contribution in [0.2, 0.25) is 0 Å². The van der Waals surface area contributed by atoms with Gasteiger partial charge in [-0.05, 0) is 106 Å². The topological polar surface area (TPSA) is 111 Å². The summed E-state index contributed by atoms with van der Waals surface area (Å²) in [5.74, 6) is -0.129. The zero-order chi connectivity index (χ0) is 38.9. The monoisotopic (exact) mass is 721 g/mol. The number of aromatic nitrogens is 2. The highest BCUT2D eigenvalue weighted by atomic mass is 32.2. The molecule has 0 fully saturated rings. The number of nitrogens with one attached hydrogen (secondary N) is 2. The number of fused-ring (bicyclic) bond motifs is 1. The van der Waals surface area contributed by atoms with E-state index in [4.69, 9.17) is 10.4 Å². The number of carbonyl (C=O) groups excluding carboxylic acids is 1. The first-order valence-electron chi connectivity index (χ1n) is 18.2. The molecule has 0 aliphatic heterocycles. The van der Waals surface area contributed by atoms with Gasteiger partial charge in [-0.25, -0.2) is 4.98 Å². The summed E-state index contributed by atoms with van der Waals surface area (Å²) in [5, 5.41) is 19.6. The summed E-state index contributed by atoms with van der Waals surface area (Å²) in [6.07, 6.45) is 5.37. The van der Waals surface area contributed by atoms with E-state index in [1.807, 2.05) is 85.1 Å². The van der Waals surface area contributed by atoms with E-state index in [2.05, 4.69) is 107 Å². The van der Waals surface area contributed by atoms with E-state index in [0.717, 1.165) is 55.0 Å². The van der Waals surface area contributed by atoms with Gasteiger partial charge in [0.2, 0.25) is 0 Å². The molecule has 52 heavy (non-hydrogen) atoms. The number of rotatable bonds is 11. The number of carbonyl (C=O) groups is 1. The van der Waals surface area contributed by atoms with Crippen molar-refractivity contribution in [2.45, 2.75) is 91.9 Å². The van der Waals surface area contributed by atoms with Crippen LogP contribution >= 0.6 is 11.9 Å². The molecule has 278 valence electrons. The lowest BCUT2D eigenvalue weighted by Gasteiger charge is -2.17. The van der Waals surface area contributed by atoms with Crippen LogP contribution in [0.25, 0.3) is 22.0 Å². The normalized spacial score (nSPS) is 10.7. The van der Waals surface area contributed by atoms with Crippen molar-refractivity contribution in [2.24, 2.45) is 0 Å². The summed E-state index contributed by atoms with van der Waals surface area (Å²) in [6, 6.07) is 35.5. The molecule has 5 aromatic rings. The lowest BCUT2D eigenvalue weighted by molar-refractivity contribution is 0.0931. The molecule has 0 saturated carbocycles. The first-order valence-corrected chi connectivity index (χ1v) is 19.0. The lowest BCUT2D eigenvalue weighted by Crippen LogP contribution is -2.36. The van der Waals surface area contributed by atoms with Crippen LogP contribution in [-0.4, -0.2) is 45.9 Å². The van der Waals surface area contributed by atoms with Crippen LogP contribution < -0.4 is 10.0 Å². The van der Waals surface area contributed by atoms with Gasteiger partial charge in [-0.15, -0.1) is 0 Å². The molecule has 0 spiro atoms. The van der Waals surface area contributed by atoms with Gasteiger partial charge in [-0.1, -0.05) is 119 Å². The van der Waals surface area contributed by atoms with Gasteiger partial charge in [-0.3, -0.25) is 14.5 Å². The Hall–Kier alpha value is -4.55. The molecular weight excluding hydrogens is 663 g/mol. The summed E-state index contributed by atoms with van der Waals surface area (Å²) in [5.41, 5.74) is 8.44. The quantitative estimate of drug-likeness (QED) is 0.116. The van der Waals surface area contributed by atoms with Crippen LogP contribution in [-0.2, 0) is 19.3 Å². The molecule has 2 aromatic heterocycles. The van der Waals surface area contributed by atoms with E-state index in [9.17, 15) is 4.79 Å². The maximum Gasteiger partial charge on any atom is 0.270 e. The molecule has 0 aliphatic rings. The Morgan fingerprint density at radius 3 is 2.15 bits per heavy atom. The van der Waals surface area contributed by atoms with Gasteiger partial charge < -0.3 is 10.4 Å². The van der Waals surface area contributed by atoms with E-state index in [1.165, 1.54) is 34.2 Å². The number of hydrogen-bond acceptors (Lipinski definition) is 7. The Balaban J connectivity index is 0.000000837. The Labute approximate surface area is 317 Å². The Bertz CT molecular complexity index is 1770. The number of aliphatic hydroxyl groups excluding tert-OH is 1. The molecule has 3 N–H and O–H groups in total. The molecule has 8 heteroatoms. The zero-order valence-electron chi connectivity index (χ0n) is 32.8. The molecule has 5 rings (SSSR count). The minimum Gasteiger partial charge on any atom is -0.400 e. The van der Waals surface area contributed by atoms with Crippen molar-refractivity contribution < 1.29 is 9.90 Å². The van der Waals surface area contributed by atoms with Crippen molar-refractivity contribution in [3.8, 4) is 17.2 Å². The third-order valence-corrected chi connectivity index (χ3v) is 8.44. The van der Waals surface area contributed by atoms with E-state index < -0.39 is 0 Å². The van der Waals surface area contributed by atoms with Crippen LogP contribution in [0, 0.1) is 18.3 Å². The fourth-order valence-corrected chi connectivity index (χ4v) is 5.56. The van der Waals surface area contributed by atoms with Gasteiger partial charge in [-0.2, -0.15) is 5.26 Å². The van der Waals surface area contributed by atoms with Crippen LogP contribution in [0.1, 0.15) is 87.8 Å². The highest BCUT2D eigenvalue weighted by Gasteiger charge is 2.16. The second-order valence-electron chi connectivity index (χ2n) is 11.8. The molecule has 1 unspecified atom stereocenters. The molecule has 1 amide bonds. The summed E-state index contributed by atoms with van der Waals surface area (Å²) < 4.78 is 2.56. The van der Waals surface area contributed by atoms with Gasteiger partial charge in [0.15, 0.2) is 0 Å². The number of aryl methyl sites for hydroxylation is 3. The van der Waals surface area contributed by atoms with Gasteiger partial charge in [0.05, 0.1) is 11.6 Å². The number of pyridine rings is 2. The number of benzene rings is 3.